The maximum atomic E-state index is 13.7. The normalized spacial score (nSPS) is 10.8. The Balaban J connectivity index is 0.00000320. The van der Waals surface area contributed by atoms with Crippen LogP contribution in [0.5, 0.6) is 0 Å². The number of halogens is 2. The van der Waals surface area contributed by atoms with E-state index in [1.807, 2.05) is 18.2 Å². The fourth-order valence-electron chi connectivity index (χ4n) is 2.73. The molecule has 0 saturated heterocycles. The summed E-state index contributed by atoms with van der Waals surface area (Å²) in [6, 6.07) is 17.5. The molecule has 3 aromatic rings. The molecule has 30 heavy (non-hydrogen) atoms. The lowest BCUT2D eigenvalue weighted by molar-refractivity contribution is 0.0948. The van der Waals surface area contributed by atoms with E-state index in [1.54, 1.807) is 49.7 Å². The van der Waals surface area contributed by atoms with Crippen molar-refractivity contribution in [1.29, 1.82) is 0 Å². The maximum Gasteiger partial charge on any atom is 0.251 e. The quantitative estimate of drug-likeness (QED) is 0.251. The highest BCUT2D eigenvalue weighted by atomic mass is 127. The average molecular weight is 522 g/mol. The predicted octanol–water partition coefficient (Wildman–Crippen LogP) is 3.83. The van der Waals surface area contributed by atoms with Gasteiger partial charge in [-0.15, -0.1) is 24.0 Å². The van der Waals surface area contributed by atoms with E-state index in [1.165, 1.54) is 6.07 Å². The second-order valence-electron chi connectivity index (χ2n) is 6.33. The first kappa shape index (κ1) is 23.4. The first-order valence-corrected chi connectivity index (χ1v) is 9.23. The van der Waals surface area contributed by atoms with Crippen molar-refractivity contribution in [3.05, 3.63) is 95.2 Å². The Morgan fingerprint density at radius 1 is 0.967 bits per heavy atom. The molecule has 0 saturated carbocycles. The van der Waals surface area contributed by atoms with Crippen LogP contribution in [0.15, 0.2) is 76.3 Å². The molecule has 6 nitrogen and oxygen atoms in total. The number of carbonyl (C=O) groups excluding carboxylic acids is 1. The lowest BCUT2D eigenvalue weighted by Gasteiger charge is -2.13. The Labute approximate surface area is 192 Å². The van der Waals surface area contributed by atoms with E-state index >= 15 is 0 Å². The lowest BCUT2D eigenvalue weighted by Crippen LogP contribution is -2.36. The molecule has 3 rings (SSSR count). The predicted molar refractivity (Wildman–Crippen MR) is 125 cm³/mol. The molecule has 3 N–H and O–H groups in total. The summed E-state index contributed by atoms with van der Waals surface area (Å²) in [5, 5.41) is 9.07. The van der Waals surface area contributed by atoms with Gasteiger partial charge in [0.05, 0.1) is 12.8 Å². The van der Waals surface area contributed by atoms with Gasteiger partial charge in [0.2, 0.25) is 0 Å². The Morgan fingerprint density at radius 2 is 1.77 bits per heavy atom. The minimum Gasteiger partial charge on any atom is -0.467 e. The molecule has 0 aliphatic carbocycles. The van der Waals surface area contributed by atoms with Gasteiger partial charge in [0, 0.05) is 31.3 Å². The number of nitrogens with zero attached hydrogens (tertiary/aromatic N) is 1. The standard InChI is InChI=1S/C22H23FN4O2.HI/c1-24-22(27-14-18-7-2-3-10-20(18)23)26-13-16-6-4-8-17(12-16)21(28)25-15-19-9-5-11-29-19;/h2-12H,13-15H2,1H3,(H,25,28)(H2,24,26,27);1H. The van der Waals surface area contributed by atoms with E-state index in [0.29, 0.717) is 42.5 Å². The highest BCUT2D eigenvalue weighted by Gasteiger charge is 2.08. The zero-order valence-electron chi connectivity index (χ0n) is 16.5. The second-order valence-corrected chi connectivity index (χ2v) is 6.33. The van der Waals surface area contributed by atoms with Crippen LogP contribution in [0.1, 0.15) is 27.2 Å². The van der Waals surface area contributed by atoms with Gasteiger partial charge in [-0.2, -0.15) is 0 Å². The van der Waals surface area contributed by atoms with Crippen molar-refractivity contribution in [1.82, 2.24) is 16.0 Å². The third-order valence-corrected chi connectivity index (χ3v) is 4.28. The van der Waals surface area contributed by atoms with E-state index in [9.17, 15) is 9.18 Å². The van der Waals surface area contributed by atoms with Gasteiger partial charge >= 0.3 is 0 Å². The molecule has 1 aromatic heterocycles. The summed E-state index contributed by atoms with van der Waals surface area (Å²) in [7, 11) is 1.65. The molecular formula is C22H24FIN4O2. The van der Waals surface area contributed by atoms with Crippen LogP contribution in [-0.2, 0) is 19.6 Å². The summed E-state index contributed by atoms with van der Waals surface area (Å²) in [4.78, 5) is 16.5. The molecule has 8 heteroatoms. The third-order valence-electron chi connectivity index (χ3n) is 4.28. The number of benzene rings is 2. The Hall–Kier alpha value is -2.88. The van der Waals surface area contributed by atoms with Gasteiger partial charge in [0.15, 0.2) is 5.96 Å². The summed E-state index contributed by atoms with van der Waals surface area (Å²) >= 11 is 0. The van der Waals surface area contributed by atoms with Crippen LogP contribution in [0.25, 0.3) is 0 Å². The first-order chi connectivity index (χ1) is 14.2. The highest BCUT2D eigenvalue weighted by Crippen LogP contribution is 2.07. The van der Waals surface area contributed by atoms with Crippen LogP contribution in [0.2, 0.25) is 0 Å². The molecule has 0 atom stereocenters. The van der Waals surface area contributed by atoms with E-state index in [0.717, 1.165) is 5.56 Å². The van der Waals surface area contributed by atoms with Gasteiger partial charge in [-0.1, -0.05) is 30.3 Å². The fourth-order valence-corrected chi connectivity index (χ4v) is 2.73. The molecule has 2 aromatic carbocycles. The minimum atomic E-state index is -0.260. The summed E-state index contributed by atoms with van der Waals surface area (Å²) < 4.78 is 18.9. The van der Waals surface area contributed by atoms with Gasteiger partial charge in [-0.05, 0) is 35.9 Å². The molecule has 0 unspecified atom stereocenters. The van der Waals surface area contributed by atoms with E-state index in [-0.39, 0.29) is 35.7 Å². The summed E-state index contributed by atoms with van der Waals surface area (Å²) in [6.45, 7) is 1.12. The van der Waals surface area contributed by atoms with Crippen molar-refractivity contribution in [2.75, 3.05) is 7.05 Å². The van der Waals surface area contributed by atoms with Crippen LogP contribution < -0.4 is 16.0 Å². The SMILES string of the molecule is CN=C(NCc1cccc(C(=O)NCc2ccco2)c1)NCc1ccccc1F.I. The number of guanidine groups is 1. The Morgan fingerprint density at radius 3 is 2.50 bits per heavy atom. The molecule has 0 fully saturated rings. The second kappa shape index (κ2) is 12.0. The van der Waals surface area contributed by atoms with Crippen LogP contribution >= 0.6 is 24.0 Å². The molecule has 0 spiro atoms. The van der Waals surface area contributed by atoms with Gasteiger partial charge in [0.1, 0.15) is 11.6 Å². The minimum absolute atomic E-state index is 0. The molecule has 0 bridgehead atoms. The molecule has 0 aliphatic heterocycles. The fraction of sp³-hybridized carbons (Fsp3) is 0.182. The van der Waals surface area contributed by atoms with E-state index in [2.05, 4.69) is 20.9 Å². The van der Waals surface area contributed by atoms with Crippen molar-refractivity contribution in [3.8, 4) is 0 Å². The van der Waals surface area contributed by atoms with Crippen LogP contribution in [0.3, 0.4) is 0 Å². The maximum absolute atomic E-state index is 13.7. The highest BCUT2D eigenvalue weighted by molar-refractivity contribution is 14.0. The number of aliphatic imine (C=N–C) groups is 1. The number of nitrogens with one attached hydrogen (secondary N) is 3. The molecule has 1 amide bonds. The molecule has 158 valence electrons. The van der Waals surface area contributed by atoms with Crippen LogP contribution in [0.4, 0.5) is 4.39 Å². The van der Waals surface area contributed by atoms with Gasteiger partial charge in [0.25, 0.3) is 5.91 Å². The third kappa shape index (κ3) is 6.87. The van der Waals surface area contributed by atoms with Crippen molar-refractivity contribution < 1.29 is 13.6 Å². The molecule has 1 heterocycles. The number of hydrogen-bond acceptors (Lipinski definition) is 3. The molecule has 0 radical (unpaired) electrons. The topological polar surface area (TPSA) is 78.7 Å². The number of amides is 1. The largest absolute Gasteiger partial charge is 0.467 e. The monoisotopic (exact) mass is 522 g/mol. The first-order valence-electron chi connectivity index (χ1n) is 9.23. The average Bonchev–Trinajstić information content (AvgIpc) is 3.27. The molecular weight excluding hydrogens is 498 g/mol. The smallest absolute Gasteiger partial charge is 0.251 e. The van der Waals surface area contributed by atoms with Gasteiger partial charge in [-0.3, -0.25) is 9.79 Å². The molecule has 0 aliphatic rings. The van der Waals surface area contributed by atoms with Crippen molar-refractivity contribution in [2.45, 2.75) is 19.6 Å². The van der Waals surface area contributed by atoms with Crippen LogP contribution in [0, 0.1) is 5.82 Å². The van der Waals surface area contributed by atoms with E-state index < -0.39 is 0 Å². The Kier molecular flexibility index (Phi) is 9.33. The Bertz CT molecular complexity index is 977. The number of hydrogen-bond donors (Lipinski definition) is 3. The van der Waals surface area contributed by atoms with Crippen molar-refractivity contribution in [2.24, 2.45) is 4.99 Å². The zero-order chi connectivity index (χ0) is 20.5. The van der Waals surface area contributed by atoms with Crippen molar-refractivity contribution >= 4 is 35.8 Å². The number of rotatable bonds is 7. The van der Waals surface area contributed by atoms with E-state index in [4.69, 9.17) is 4.42 Å². The summed E-state index contributed by atoms with van der Waals surface area (Å²) in [6.07, 6.45) is 1.57. The lowest BCUT2D eigenvalue weighted by atomic mass is 10.1. The van der Waals surface area contributed by atoms with Crippen molar-refractivity contribution in [3.63, 3.8) is 0 Å². The number of furan rings is 1. The van der Waals surface area contributed by atoms with Crippen LogP contribution in [-0.4, -0.2) is 18.9 Å². The summed E-state index contributed by atoms with van der Waals surface area (Å²) in [5.41, 5.74) is 2.04. The van der Waals surface area contributed by atoms with Gasteiger partial charge in [-0.25, -0.2) is 4.39 Å². The number of carbonyl (C=O) groups is 1. The zero-order valence-corrected chi connectivity index (χ0v) is 18.9. The summed E-state index contributed by atoms with van der Waals surface area (Å²) in [5.74, 6) is 0.802. The van der Waals surface area contributed by atoms with Gasteiger partial charge < -0.3 is 20.4 Å².